The number of hydrogen-bond acceptors (Lipinski definition) is 4. The lowest BCUT2D eigenvalue weighted by molar-refractivity contribution is 0.473. The molecule has 1 aliphatic rings. The fourth-order valence-electron chi connectivity index (χ4n) is 2.06. The zero-order valence-corrected chi connectivity index (χ0v) is 10.8. The summed E-state index contributed by atoms with van der Waals surface area (Å²) in [6, 6.07) is 2.71. The van der Waals surface area contributed by atoms with Gasteiger partial charge in [0, 0.05) is 11.6 Å². The predicted octanol–water partition coefficient (Wildman–Crippen LogP) is 1.79. The second-order valence-electron chi connectivity index (χ2n) is 4.89. The number of furan rings is 1. The van der Waals surface area contributed by atoms with Crippen LogP contribution in [0, 0.1) is 13.8 Å². The Kier molecular flexibility index (Phi) is 2.91. The Labute approximate surface area is 106 Å². The number of nitrogens with one attached hydrogen (secondary N) is 1. The zero-order chi connectivity index (χ0) is 12.5. The highest BCUT2D eigenvalue weighted by Crippen LogP contribution is 2.20. The van der Waals surface area contributed by atoms with Gasteiger partial charge in [0.2, 0.25) is 0 Å². The van der Waals surface area contributed by atoms with E-state index in [2.05, 4.69) is 15.4 Å². The highest BCUT2D eigenvalue weighted by atomic mass is 16.3. The topological polar surface area (TPSA) is 55.9 Å². The molecule has 0 atom stereocenters. The van der Waals surface area contributed by atoms with Gasteiger partial charge in [-0.15, -0.1) is 0 Å². The van der Waals surface area contributed by atoms with Crippen molar-refractivity contribution in [1.82, 2.24) is 20.1 Å². The van der Waals surface area contributed by atoms with Crippen LogP contribution in [0.2, 0.25) is 0 Å². The summed E-state index contributed by atoms with van der Waals surface area (Å²) in [5.41, 5.74) is 1.18. The lowest BCUT2D eigenvalue weighted by Gasteiger charge is -2.05. The van der Waals surface area contributed by atoms with Crippen molar-refractivity contribution in [3.05, 3.63) is 35.3 Å². The summed E-state index contributed by atoms with van der Waals surface area (Å²) < 4.78 is 7.46. The Morgan fingerprint density at radius 3 is 2.94 bits per heavy atom. The Hall–Kier alpha value is -1.62. The fraction of sp³-hybridized carbons (Fsp3) is 0.538. The standard InChI is InChI=1S/C13H18N4O/c1-9-15-10(2)17(16-9)8-11-5-6-18-13(11)7-14-12-3-4-12/h5-6,12,14H,3-4,7-8H2,1-2H3. The summed E-state index contributed by atoms with van der Waals surface area (Å²) in [6.45, 7) is 5.42. The van der Waals surface area contributed by atoms with Gasteiger partial charge in [-0.3, -0.25) is 0 Å². The molecule has 0 aromatic carbocycles. The van der Waals surface area contributed by atoms with Crippen LogP contribution in [0.25, 0.3) is 0 Å². The van der Waals surface area contributed by atoms with Crippen LogP contribution >= 0.6 is 0 Å². The molecule has 3 rings (SSSR count). The van der Waals surface area contributed by atoms with Gasteiger partial charge in [0.05, 0.1) is 19.4 Å². The third-order valence-corrected chi connectivity index (χ3v) is 3.25. The van der Waals surface area contributed by atoms with Crippen molar-refractivity contribution in [2.75, 3.05) is 0 Å². The Balaban J connectivity index is 1.71. The first-order chi connectivity index (χ1) is 8.72. The smallest absolute Gasteiger partial charge is 0.147 e. The Bertz CT molecular complexity index is 539. The molecule has 2 aromatic heterocycles. The van der Waals surface area contributed by atoms with Crippen LogP contribution in [0.1, 0.15) is 35.8 Å². The quantitative estimate of drug-likeness (QED) is 0.874. The molecule has 1 aliphatic carbocycles. The maximum atomic E-state index is 5.54. The van der Waals surface area contributed by atoms with E-state index in [9.17, 15) is 0 Å². The maximum Gasteiger partial charge on any atom is 0.147 e. The number of nitrogens with zero attached hydrogens (tertiary/aromatic N) is 3. The van der Waals surface area contributed by atoms with E-state index in [-0.39, 0.29) is 0 Å². The van der Waals surface area contributed by atoms with Crippen molar-refractivity contribution >= 4 is 0 Å². The van der Waals surface area contributed by atoms with Crippen LogP contribution < -0.4 is 5.32 Å². The second kappa shape index (κ2) is 4.57. The SMILES string of the molecule is Cc1nc(C)n(Cc2ccoc2CNC2CC2)n1. The monoisotopic (exact) mass is 246 g/mol. The van der Waals surface area contributed by atoms with Gasteiger partial charge in [0.25, 0.3) is 0 Å². The van der Waals surface area contributed by atoms with Crippen LogP contribution in [0.4, 0.5) is 0 Å². The minimum atomic E-state index is 0.693. The van der Waals surface area contributed by atoms with E-state index in [0.717, 1.165) is 30.5 Å². The van der Waals surface area contributed by atoms with Crippen molar-refractivity contribution in [2.24, 2.45) is 0 Å². The summed E-state index contributed by atoms with van der Waals surface area (Å²) in [5, 5.41) is 7.84. The minimum Gasteiger partial charge on any atom is -0.468 e. The van der Waals surface area contributed by atoms with Crippen molar-refractivity contribution in [3.63, 3.8) is 0 Å². The van der Waals surface area contributed by atoms with Crippen LogP contribution in [0.15, 0.2) is 16.7 Å². The average molecular weight is 246 g/mol. The molecule has 1 fully saturated rings. The number of aryl methyl sites for hydroxylation is 2. The zero-order valence-electron chi connectivity index (χ0n) is 10.8. The van der Waals surface area contributed by atoms with Gasteiger partial charge in [-0.2, -0.15) is 5.10 Å². The number of aromatic nitrogens is 3. The summed E-state index contributed by atoms with van der Waals surface area (Å²) >= 11 is 0. The van der Waals surface area contributed by atoms with Gasteiger partial charge < -0.3 is 9.73 Å². The van der Waals surface area contributed by atoms with E-state index in [1.165, 1.54) is 18.4 Å². The highest BCUT2D eigenvalue weighted by Gasteiger charge is 2.21. The van der Waals surface area contributed by atoms with E-state index in [1.807, 2.05) is 24.6 Å². The highest BCUT2D eigenvalue weighted by molar-refractivity contribution is 5.18. The van der Waals surface area contributed by atoms with E-state index in [1.54, 1.807) is 6.26 Å². The number of hydrogen-bond donors (Lipinski definition) is 1. The van der Waals surface area contributed by atoms with Crippen molar-refractivity contribution < 1.29 is 4.42 Å². The van der Waals surface area contributed by atoms with Crippen LogP contribution in [0.5, 0.6) is 0 Å². The molecular weight excluding hydrogens is 228 g/mol. The summed E-state index contributed by atoms with van der Waals surface area (Å²) in [5.74, 6) is 2.76. The van der Waals surface area contributed by atoms with Crippen LogP contribution in [-0.4, -0.2) is 20.8 Å². The van der Waals surface area contributed by atoms with E-state index in [0.29, 0.717) is 6.04 Å². The Morgan fingerprint density at radius 2 is 2.28 bits per heavy atom. The largest absolute Gasteiger partial charge is 0.468 e. The van der Waals surface area contributed by atoms with Crippen LogP contribution in [-0.2, 0) is 13.1 Å². The van der Waals surface area contributed by atoms with Crippen molar-refractivity contribution in [1.29, 1.82) is 0 Å². The molecule has 0 saturated heterocycles. The lowest BCUT2D eigenvalue weighted by atomic mass is 10.2. The van der Waals surface area contributed by atoms with E-state index < -0.39 is 0 Å². The number of rotatable bonds is 5. The molecule has 0 aliphatic heterocycles. The molecular formula is C13H18N4O. The molecule has 1 N–H and O–H groups in total. The summed E-state index contributed by atoms with van der Waals surface area (Å²) in [7, 11) is 0. The predicted molar refractivity (Wildman–Crippen MR) is 67.2 cm³/mol. The van der Waals surface area contributed by atoms with Gasteiger partial charge in [-0.25, -0.2) is 9.67 Å². The summed E-state index contributed by atoms with van der Waals surface area (Å²) in [6.07, 6.45) is 4.33. The molecule has 2 heterocycles. The van der Waals surface area contributed by atoms with Gasteiger partial charge in [0.1, 0.15) is 17.4 Å². The maximum absolute atomic E-state index is 5.54. The third kappa shape index (κ3) is 2.46. The molecule has 0 amide bonds. The molecule has 1 saturated carbocycles. The normalized spacial score (nSPS) is 15.2. The molecule has 2 aromatic rings. The lowest BCUT2D eigenvalue weighted by Crippen LogP contribution is -2.16. The van der Waals surface area contributed by atoms with Crippen molar-refractivity contribution in [2.45, 2.75) is 45.8 Å². The first-order valence-corrected chi connectivity index (χ1v) is 6.39. The molecule has 0 bridgehead atoms. The molecule has 18 heavy (non-hydrogen) atoms. The average Bonchev–Trinajstić information content (AvgIpc) is 2.97. The fourth-order valence-corrected chi connectivity index (χ4v) is 2.06. The molecule has 5 nitrogen and oxygen atoms in total. The molecule has 5 heteroatoms. The summed E-state index contributed by atoms with van der Waals surface area (Å²) in [4.78, 5) is 4.31. The molecule has 0 spiro atoms. The first-order valence-electron chi connectivity index (χ1n) is 6.39. The Morgan fingerprint density at radius 1 is 1.44 bits per heavy atom. The third-order valence-electron chi connectivity index (χ3n) is 3.25. The minimum absolute atomic E-state index is 0.693. The van der Waals surface area contributed by atoms with Gasteiger partial charge in [-0.1, -0.05) is 0 Å². The van der Waals surface area contributed by atoms with Crippen molar-refractivity contribution in [3.8, 4) is 0 Å². The molecule has 0 radical (unpaired) electrons. The van der Waals surface area contributed by atoms with Gasteiger partial charge in [-0.05, 0) is 32.8 Å². The van der Waals surface area contributed by atoms with E-state index in [4.69, 9.17) is 4.42 Å². The van der Waals surface area contributed by atoms with Gasteiger partial charge in [0.15, 0.2) is 0 Å². The van der Waals surface area contributed by atoms with Gasteiger partial charge >= 0.3 is 0 Å². The second-order valence-corrected chi connectivity index (χ2v) is 4.89. The molecule has 96 valence electrons. The molecule has 0 unspecified atom stereocenters. The first kappa shape index (κ1) is 11.5. The van der Waals surface area contributed by atoms with Crippen LogP contribution in [0.3, 0.4) is 0 Å². The van der Waals surface area contributed by atoms with E-state index >= 15 is 0 Å².